The highest BCUT2D eigenvalue weighted by molar-refractivity contribution is 6.64. The molecular formula is C36H66Cl2O2. The van der Waals surface area contributed by atoms with Crippen LogP contribution in [0, 0.1) is 5.92 Å². The average Bonchev–Trinajstić information content (AvgIpc) is 2.93. The van der Waals surface area contributed by atoms with Crippen LogP contribution in [0.1, 0.15) is 200 Å². The molecule has 0 aromatic heterocycles. The van der Waals surface area contributed by atoms with Gasteiger partial charge in [0.05, 0.1) is 0 Å². The standard InChI is InChI=1S/C36H66Cl2O2/c1-2-3-4-5-6-7-8-9-13-16-19-22-25-28-31-34(36(38)40)32-29-26-23-20-17-14-11-10-12-15-18-21-24-27-30-33-35(37)39/h9,13,34H,2-8,10-12,14-33H2,1H3/b13-9-. The minimum atomic E-state index is -0.194. The molecule has 2 nitrogen and oxygen atoms in total. The van der Waals surface area contributed by atoms with E-state index in [-0.39, 0.29) is 16.4 Å². The maximum Gasteiger partial charge on any atom is 0.224 e. The maximum atomic E-state index is 11.9. The second-order valence-electron chi connectivity index (χ2n) is 12.2. The predicted molar refractivity (Wildman–Crippen MR) is 179 cm³/mol. The summed E-state index contributed by atoms with van der Waals surface area (Å²) in [5.41, 5.74) is 0. The molecule has 0 aliphatic heterocycles. The molecule has 0 N–H and O–H groups in total. The van der Waals surface area contributed by atoms with Gasteiger partial charge in [0.25, 0.3) is 0 Å². The van der Waals surface area contributed by atoms with E-state index in [1.807, 2.05) is 0 Å². The molecule has 236 valence electrons. The van der Waals surface area contributed by atoms with Gasteiger partial charge in [-0.2, -0.15) is 0 Å². The lowest BCUT2D eigenvalue weighted by Crippen LogP contribution is -2.08. The van der Waals surface area contributed by atoms with Crippen LogP contribution in [0.15, 0.2) is 12.2 Å². The molecule has 1 unspecified atom stereocenters. The molecule has 0 saturated heterocycles. The van der Waals surface area contributed by atoms with Gasteiger partial charge in [0.1, 0.15) is 0 Å². The zero-order chi connectivity index (χ0) is 29.4. The summed E-state index contributed by atoms with van der Waals surface area (Å²) in [6, 6.07) is 0. The van der Waals surface area contributed by atoms with E-state index in [2.05, 4.69) is 19.1 Å². The highest BCUT2D eigenvalue weighted by Crippen LogP contribution is 2.22. The highest BCUT2D eigenvalue weighted by Gasteiger charge is 2.15. The van der Waals surface area contributed by atoms with Crippen molar-refractivity contribution >= 4 is 33.7 Å². The van der Waals surface area contributed by atoms with Gasteiger partial charge in [-0.05, 0) is 68.1 Å². The van der Waals surface area contributed by atoms with Crippen LogP contribution in [0.25, 0.3) is 0 Å². The zero-order valence-electron chi connectivity index (χ0n) is 26.5. The Hall–Kier alpha value is -0.340. The third-order valence-corrected chi connectivity index (χ3v) is 8.81. The first-order chi connectivity index (χ1) is 19.6. The fourth-order valence-electron chi connectivity index (χ4n) is 5.61. The van der Waals surface area contributed by atoms with Gasteiger partial charge < -0.3 is 0 Å². The quantitative estimate of drug-likeness (QED) is 0.0426. The number of hydrogen-bond acceptors (Lipinski definition) is 2. The molecule has 0 aromatic carbocycles. The van der Waals surface area contributed by atoms with Crippen molar-refractivity contribution in [2.45, 2.75) is 200 Å². The van der Waals surface area contributed by atoms with E-state index in [0.29, 0.717) is 6.42 Å². The van der Waals surface area contributed by atoms with Gasteiger partial charge in [-0.15, -0.1) is 0 Å². The number of allylic oxidation sites excluding steroid dienone is 2. The molecule has 0 amide bonds. The number of unbranched alkanes of at least 4 members (excludes halogenated alkanes) is 24. The second-order valence-corrected chi connectivity index (χ2v) is 13.0. The Morgan fingerprint density at radius 2 is 0.800 bits per heavy atom. The summed E-state index contributed by atoms with van der Waals surface area (Å²) in [4.78, 5) is 22.6. The molecular weight excluding hydrogens is 535 g/mol. The molecule has 0 heterocycles. The van der Waals surface area contributed by atoms with Crippen LogP contribution < -0.4 is 0 Å². The van der Waals surface area contributed by atoms with E-state index < -0.39 is 0 Å². The topological polar surface area (TPSA) is 34.1 Å². The van der Waals surface area contributed by atoms with Crippen molar-refractivity contribution in [3.8, 4) is 0 Å². The molecule has 0 aliphatic carbocycles. The van der Waals surface area contributed by atoms with Crippen LogP contribution in [0.2, 0.25) is 0 Å². The highest BCUT2D eigenvalue weighted by atomic mass is 35.5. The summed E-state index contributed by atoms with van der Waals surface area (Å²) in [6.45, 7) is 2.27. The molecule has 0 rings (SSSR count). The SMILES string of the molecule is CCCCCCCC/C=C\CCCCCCC(CCCCCCCCCCCCCCCCCC(=O)Cl)C(=O)Cl. The molecule has 0 fully saturated rings. The van der Waals surface area contributed by atoms with Gasteiger partial charge in [0.15, 0.2) is 0 Å². The van der Waals surface area contributed by atoms with Crippen LogP contribution in [0.5, 0.6) is 0 Å². The van der Waals surface area contributed by atoms with Crippen molar-refractivity contribution in [2.75, 3.05) is 0 Å². The Balaban J connectivity index is 3.43. The number of hydrogen-bond donors (Lipinski definition) is 0. The third-order valence-electron chi connectivity index (χ3n) is 8.31. The summed E-state index contributed by atoms with van der Waals surface area (Å²) >= 11 is 11.3. The summed E-state index contributed by atoms with van der Waals surface area (Å²) in [7, 11) is 0. The van der Waals surface area contributed by atoms with Gasteiger partial charge in [-0.1, -0.05) is 160 Å². The Labute approximate surface area is 260 Å². The van der Waals surface area contributed by atoms with Crippen molar-refractivity contribution in [1.29, 1.82) is 0 Å². The number of halogens is 2. The predicted octanol–water partition coefficient (Wildman–Crippen LogP) is 13.4. The van der Waals surface area contributed by atoms with Crippen LogP contribution >= 0.6 is 23.2 Å². The summed E-state index contributed by atoms with van der Waals surface area (Å²) in [5, 5.41) is -0.305. The third kappa shape index (κ3) is 32.2. The molecule has 0 aliphatic rings. The van der Waals surface area contributed by atoms with Crippen molar-refractivity contribution in [2.24, 2.45) is 5.92 Å². The second kappa shape index (κ2) is 33.2. The fraction of sp³-hybridized carbons (Fsp3) is 0.889. The lowest BCUT2D eigenvalue weighted by atomic mass is 9.95. The van der Waals surface area contributed by atoms with Crippen molar-refractivity contribution in [3.63, 3.8) is 0 Å². The monoisotopic (exact) mass is 600 g/mol. The van der Waals surface area contributed by atoms with Crippen LogP contribution in [-0.2, 0) is 9.59 Å². The van der Waals surface area contributed by atoms with E-state index in [0.717, 1.165) is 38.5 Å². The zero-order valence-corrected chi connectivity index (χ0v) is 28.0. The Bertz CT molecular complexity index is 575. The summed E-state index contributed by atoms with van der Waals surface area (Å²) < 4.78 is 0. The minimum Gasteiger partial charge on any atom is -0.281 e. The molecule has 0 aromatic rings. The number of carbonyl (C=O) groups excluding carboxylic acids is 2. The smallest absolute Gasteiger partial charge is 0.224 e. The normalized spacial score (nSPS) is 12.4. The van der Waals surface area contributed by atoms with Gasteiger partial charge in [-0.3, -0.25) is 9.59 Å². The molecule has 4 heteroatoms. The maximum absolute atomic E-state index is 11.9. The summed E-state index contributed by atoms with van der Waals surface area (Å²) in [6.07, 6.45) is 42.0. The Morgan fingerprint density at radius 3 is 1.15 bits per heavy atom. The molecule has 0 radical (unpaired) electrons. The van der Waals surface area contributed by atoms with E-state index in [9.17, 15) is 9.59 Å². The Morgan fingerprint density at radius 1 is 0.475 bits per heavy atom. The lowest BCUT2D eigenvalue weighted by Gasteiger charge is -2.12. The largest absolute Gasteiger partial charge is 0.281 e. The minimum absolute atomic E-state index is 0.0775. The van der Waals surface area contributed by atoms with Gasteiger partial charge >= 0.3 is 0 Å². The van der Waals surface area contributed by atoms with Crippen molar-refractivity contribution < 1.29 is 9.59 Å². The van der Waals surface area contributed by atoms with Crippen LogP contribution in [-0.4, -0.2) is 10.5 Å². The molecule has 40 heavy (non-hydrogen) atoms. The Kier molecular flexibility index (Phi) is 32.9. The van der Waals surface area contributed by atoms with Gasteiger partial charge in [0, 0.05) is 12.3 Å². The van der Waals surface area contributed by atoms with Crippen LogP contribution in [0.3, 0.4) is 0 Å². The first-order valence-electron chi connectivity index (χ1n) is 17.6. The van der Waals surface area contributed by atoms with E-state index in [1.165, 1.54) is 148 Å². The van der Waals surface area contributed by atoms with E-state index in [1.54, 1.807) is 0 Å². The van der Waals surface area contributed by atoms with Crippen molar-refractivity contribution in [1.82, 2.24) is 0 Å². The van der Waals surface area contributed by atoms with Gasteiger partial charge in [0.2, 0.25) is 10.5 Å². The van der Waals surface area contributed by atoms with Gasteiger partial charge in [-0.25, -0.2) is 0 Å². The van der Waals surface area contributed by atoms with Crippen molar-refractivity contribution in [3.05, 3.63) is 12.2 Å². The molecule has 0 saturated carbocycles. The average molecular weight is 602 g/mol. The first kappa shape index (κ1) is 39.7. The first-order valence-corrected chi connectivity index (χ1v) is 18.4. The lowest BCUT2D eigenvalue weighted by molar-refractivity contribution is -0.115. The number of rotatable bonds is 33. The molecule has 0 bridgehead atoms. The van der Waals surface area contributed by atoms with E-state index >= 15 is 0 Å². The number of carbonyl (C=O) groups is 2. The summed E-state index contributed by atoms with van der Waals surface area (Å²) in [5.74, 6) is 0.0775. The van der Waals surface area contributed by atoms with Crippen LogP contribution in [0.4, 0.5) is 0 Å². The fourth-order valence-corrected chi connectivity index (χ4v) is 5.96. The van der Waals surface area contributed by atoms with E-state index in [4.69, 9.17) is 23.2 Å². The molecule has 0 spiro atoms. The molecule has 1 atom stereocenters.